The Bertz CT molecular complexity index is 483. The molecule has 2 nitrogen and oxygen atoms in total. The number of hydrogen-bond acceptors (Lipinski definition) is 2. The number of halogens is 2. The molecule has 0 radical (unpaired) electrons. The topological polar surface area (TPSA) is 38.9 Å². The molecule has 2 rings (SSSR count). The van der Waals surface area contributed by atoms with Gasteiger partial charge in [-0.15, -0.1) is 0 Å². The third-order valence-corrected chi connectivity index (χ3v) is 2.11. The number of rotatable bonds is 1. The number of nitrogens with zero attached hydrogens (tertiary/aromatic N) is 1. The molecule has 1 aromatic heterocycles. The lowest BCUT2D eigenvalue weighted by Gasteiger charge is -2.04. The van der Waals surface area contributed by atoms with Gasteiger partial charge in [-0.1, -0.05) is 0 Å². The molecular weight excluding hydrogens is 186 g/mol. The molecule has 0 aliphatic heterocycles. The van der Waals surface area contributed by atoms with E-state index in [1.165, 1.54) is 18.3 Å². The van der Waals surface area contributed by atoms with E-state index in [2.05, 4.69) is 4.98 Å². The van der Waals surface area contributed by atoms with Gasteiger partial charge in [-0.25, -0.2) is 8.78 Å². The molecule has 72 valence electrons. The summed E-state index contributed by atoms with van der Waals surface area (Å²) in [7, 11) is 0. The van der Waals surface area contributed by atoms with Gasteiger partial charge in [0.1, 0.15) is 0 Å². The average molecular weight is 194 g/mol. The molecule has 0 aliphatic rings. The Kier molecular flexibility index (Phi) is 2.13. The molecule has 2 N–H and O–H groups in total. The van der Waals surface area contributed by atoms with Gasteiger partial charge in [-0.2, -0.15) is 0 Å². The minimum Gasteiger partial charge on any atom is -0.325 e. The van der Waals surface area contributed by atoms with Crippen molar-refractivity contribution in [2.24, 2.45) is 5.73 Å². The van der Waals surface area contributed by atoms with Gasteiger partial charge >= 0.3 is 0 Å². The van der Waals surface area contributed by atoms with Gasteiger partial charge in [0.2, 0.25) is 0 Å². The van der Waals surface area contributed by atoms with E-state index in [9.17, 15) is 8.78 Å². The lowest BCUT2D eigenvalue weighted by molar-refractivity contribution is 0.517. The van der Waals surface area contributed by atoms with Crippen LogP contribution in [0.1, 0.15) is 5.69 Å². The van der Waals surface area contributed by atoms with Crippen LogP contribution < -0.4 is 5.73 Å². The van der Waals surface area contributed by atoms with Crippen LogP contribution in [-0.2, 0) is 6.54 Å². The van der Waals surface area contributed by atoms with E-state index >= 15 is 0 Å². The molecular formula is C10H8F2N2. The molecule has 0 spiro atoms. The van der Waals surface area contributed by atoms with Crippen molar-refractivity contribution >= 4 is 10.8 Å². The van der Waals surface area contributed by atoms with Gasteiger partial charge < -0.3 is 5.73 Å². The quantitative estimate of drug-likeness (QED) is 0.753. The summed E-state index contributed by atoms with van der Waals surface area (Å²) in [6, 6.07) is 4.01. The van der Waals surface area contributed by atoms with Gasteiger partial charge in [0.15, 0.2) is 11.6 Å². The largest absolute Gasteiger partial charge is 0.325 e. The highest BCUT2D eigenvalue weighted by Gasteiger charge is 2.08. The molecule has 4 heteroatoms. The number of fused-ring (bicyclic) bond motifs is 1. The van der Waals surface area contributed by atoms with Crippen molar-refractivity contribution in [3.8, 4) is 0 Å². The Morgan fingerprint density at radius 1 is 1.14 bits per heavy atom. The van der Waals surface area contributed by atoms with E-state index in [4.69, 9.17) is 5.73 Å². The molecule has 0 aliphatic carbocycles. The Morgan fingerprint density at radius 3 is 2.64 bits per heavy atom. The summed E-state index contributed by atoms with van der Waals surface area (Å²) in [5.41, 5.74) is 6.00. The van der Waals surface area contributed by atoms with Gasteiger partial charge in [0.25, 0.3) is 0 Å². The van der Waals surface area contributed by atoms with Crippen LogP contribution >= 0.6 is 0 Å². The van der Waals surface area contributed by atoms with Crippen molar-refractivity contribution in [3.05, 3.63) is 41.7 Å². The molecule has 0 bridgehead atoms. The fourth-order valence-corrected chi connectivity index (χ4v) is 1.41. The minimum atomic E-state index is -0.855. The van der Waals surface area contributed by atoms with E-state index < -0.39 is 11.6 Å². The lowest BCUT2D eigenvalue weighted by Crippen LogP contribution is -2.01. The maximum Gasteiger partial charge on any atom is 0.166 e. The van der Waals surface area contributed by atoms with Gasteiger partial charge in [-0.3, -0.25) is 4.98 Å². The van der Waals surface area contributed by atoms with Crippen molar-refractivity contribution in [2.75, 3.05) is 0 Å². The molecule has 1 aromatic carbocycles. The van der Waals surface area contributed by atoms with Gasteiger partial charge in [0.05, 0.1) is 5.69 Å². The predicted molar refractivity (Wildman–Crippen MR) is 49.6 cm³/mol. The molecule has 0 atom stereocenters. The first-order valence-electron chi connectivity index (χ1n) is 4.15. The van der Waals surface area contributed by atoms with Crippen LogP contribution in [0.5, 0.6) is 0 Å². The van der Waals surface area contributed by atoms with Crippen molar-refractivity contribution in [1.29, 1.82) is 0 Å². The highest BCUT2D eigenvalue weighted by Crippen LogP contribution is 2.21. The van der Waals surface area contributed by atoms with Crippen LogP contribution in [0.3, 0.4) is 0 Å². The molecule has 0 amide bonds. The molecule has 1 heterocycles. The Morgan fingerprint density at radius 2 is 1.93 bits per heavy atom. The smallest absolute Gasteiger partial charge is 0.166 e. The molecule has 0 saturated carbocycles. The zero-order valence-corrected chi connectivity index (χ0v) is 7.30. The lowest BCUT2D eigenvalue weighted by atomic mass is 10.1. The summed E-state index contributed by atoms with van der Waals surface area (Å²) in [5.74, 6) is -1.70. The third-order valence-electron chi connectivity index (χ3n) is 2.11. The van der Waals surface area contributed by atoms with Crippen molar-refractivity contribution < 1.29 is 8.78 Å². The van der Waals surface area contributed by atoms with E-state index in [-0.39, 0.29) is 11.9 Å². The van der Waals surface area contributed by atoms with Crippen molar-refractivity contribution in [2.45, 2.75) is 6.54 Å². The fraction of sp³-hybridized carbons (Fsp3) is 0.100. The van der Waals surface area contributed by atoms with E-state index in [1.54, 1.807) is 0 Å². The van der Waals surface area contributed by atoms with Gasteiger partial charge in [0, 0.05) is 23.5 Å². The first kappa shape index (κ1) is 9.02. The summed E-state index contributed by atoms with van der Waals surface area (Å²) < 4.78 is 26.1. The normalized spacial score (nSPS) is 10.8. The summed E-state index contributed by atoms with van der Waals surface area (Å²) in [6.07, 6.45) is 1.42. The van der Waals surface area contributed by atoms with Crippen LogP contribution in [0.15, 0.2) is 24.4 Å². The fourth-order valence-electron chi connectivity index (χ4n) is 1.41. The maximum atomic E-state index is 13.3. The highest BCUT2D eigenvalue weighted by molar-refractivity contribution is 5.85. The summed E-state index contributed by atoms with van der Waals surface area (Å²) in [4.78, 5) is 3.98. The Labute approximate surface area is 79.4 Å². The first-order valence-corrected chi connectivity index (χ1v) is 4.15. The molecule has 0 unspecified atom stereocenters. The molecule has 0 fully saturated rings. The SMILES string of the molecule is NCc1nccc2c(F)c(F)ccc12. The summed E-state index contributed by atoms with van der Waals surface area (Å²) in [5, 5.41) is 0.786. The molecule has 14 heavy (non-hydrogen) atoms. The second kappa shape index (κ2) is 3.31. The van der Waals surface area contributed by atoms with Crippen LogP contribution in [0, 0.1) is 11.6 Å². The van der Waals surface area contributed by atoms with Crippen LogP contribution in [0.2, 0.25) is 0 Å². The molecule has 2 aromatic rings. The summed E-state index contributed by atoms with van der Waals surface area (Å²) >= 11 is 0. The maximum absolute atomic E-state index is 13.3. The Hall–Kier alpha value is -1.55. The zero-order valence-electron chi connectivity index (χ0n) is 7.30. The van der Waals surface area contributed by atoms with Crippen molar-refractivity contribution in [3.63, 3.8) is 0 Å². The van der Waals surface area contributed by atoms with Crippen LogP contribution in [-0.4, -0.2) is 4.98 Å². The average Bonchev–Trinajstić information content (AvgIpc) is 2.23. The number of benzene rings is 1. The molecule has 0 saturated heterocycles. The highest BCUT2D eigenvalue weighted by atomic mass is 19.2. The number of nitrogens with two attached hydrogens (primary N) is 1. The van der Waals surface area contributed by atoms with E-state index in [0.29, 0.717) is 11.1 Å². The van der Waals surface area contributed by atoms with E-state index in [0.717, 1.165) is 6.07 Å². The second-order valence-corrected chi connectivity index (χ2v) is 2.92. The first-order chi connectivity index (χ1) is 6.74. The predicted octanol–water partition coefficient (Wildman–Crippen LogP) is 1.97. The standard InChI is InChI=1S/C10H8F2N2/c11-8-2-1-6-7(10(8)12)3-4-14-9(6)5-13/h1-4H,5,13H2. The van der Waals surface area contributed by atoms with Crippen LogP contribution in [0.4, 0.5) is 8.78 Å². The number of pyridine rings is 1. The van der Waals surface area contributed by atoms with Crippen molar-refractivity contribution in [1.82, 2.24) is 4.98 Å². The van der Waals surface area contributed by atoms with E-state index in [1.807, 2.05) is 0 Å². The number of hydrogen-bond donors (Lipinski definition) is 1. The number of aromatic nitrogens is 1. The van der Waals surface area contributed by atoms with Crippen LogP contribution in [0.25, 0.3) is 10.8 Å². The monoisotopic (exact) mass is 194 g/mol. The second-order valence-electron chi connectivity index (χ2n) is 2.92. The Balaban J connectivity index is 2.86. The summed E-state index contributed by atoms with van der Waals surface area (Å²) in [6.45, 7) is 0.211. The zero-order chi connectivity index (χ0) is 10.1. The third kappa shape index (κ3) is 1.24. The minimum absolute atomic E-state index is 0.211. The van der Waals surface area contributed by atoms with Gasteiger partial charge in [-0.05, 0) is 18.2 Å².